The van der Waals surface area contributed by atoms with E-state index >= 15 is 0 Å². The van der Waals surface area contributed by atoms with Crippen LogP contribution in [0.5, 0.6) is 5.75 Å². The number of hydrogen-bond donors (Lipinski definition) is 7. The molecule has 1 heterocycles. The summed E-state index contributed by atoms with van der Waals surface area (Å²) in [6, 6.07) is 2.75. The molecule has 2 amide bonds. The van der Waals surface area contributed by atoms with E-state index in [1.165, 1.54) is 25.3 Å². The number of nitrogens with one attached hydrogen (secondary N) is 2. The first-order valence-corrected chi connectivity index (χ1v) is 13.2. The highest BCUT2D eigenvalue weighted by Crippen LogP contribution is 2.35. The number of rotatable bonds is 17. The highest BCUT2D eigenvalue weighted by atomic mass is 16.7. The van der Waals surface area contributed by atoms with Crippen LogP contribution in [-0.2, 0) is 33.3 Å². The van der Waals surface area contributed by atoms with Crippen LogP contribution in [0.25, 0.3) is 0 Å². The zero-order chi connectivity index (χ0) is 32.0. The molecule has 0 spiro atoms. The summed E-state index contributed by atoms with van der Waals surface area (Å²) in [5.74, 6) is -3.15. The Hall–Kier alpha value is -3.37. The summed E-state index contributed by atoms with van der Waals surface area (Å²) in [4.78, 5) is 38.8. The second-order valence-corrected chi connectivity index (χ2v) is 9.18. The Bertz CT molecular complexity index is 1100. The minimum absolute atomic E-state index is 0.0643. The van der Waals surface area contributed by atoms with Crippen molar-refractivity contribution in [3.05, 3.63) is 29.8 Å². The molecule has 0 aliphatic carbocycles. The van der Waals surface area contributed by atoms with Gasteiger partial charge in [0.15, 0.2) is 0 Å². The average Bonchev–Trinajstić information content (AvgIpc) is 3.03. The smallest absolute Gasteiger partial charge is 0.369 e. The number of terminal acetylenes is 1. The molecule has 16 heteroatoms. The Morgan fingerprint density at radius 3 is 2.44 bits per heavy atom. The maximum absolute atomic E-state index is 13.3. The maximum Gasteiger partial charge on any atom is 0.369 e. The van der Waals surface area contributed by atoms with Gasteiger partial charge in [0.25, 0.3) is 11.7 Å². The fourth-order valence-electron chi connectivity index (χ4n) is 4.29. The second kappa shape index (κ2) is 17.7. The molecule has 1 fully saturated rings. The van der Waals surface area contributed by atoms with Crippen molar-refractivity contribution in [2.75, 3.05) is 60.4 Å². The molecule has 240 valence electrons. The van der Waals surface area contributed by atoms with Gasteiger partial charge in [-0.1, -0.05) is 12.0 Å². The number of amides is 2. The molecular weight excluding hydrogens is 574 g/mol. The van der Waals surface area contributed by atoms with Crippen molar-refractivity contribution < 1.29 is 63.2 Å². The van der Waals surface area contributed by atoms with Crippen LogP contribution >= 0.6 is 0 Å². The molecule has 0 aromatic heterocycles. The van der Waals surface area contributed by atoms with E-state index in [4.69, 9.17) is 40.6 Å². The summed E-state index contributed by atoms with van der Waals surface area (Å²) >= 11 is 0. The van der Waals surface area contributed by atoms with Crippen LogP contribution in [0.3, 0.4) is 0 Å². The Morgan fingerprint density at radius 1 is 1.12 bits per heavy atom. The van der Waals surface area contributed by atoms with Gasteiger partial charge >= 0.3 is 5.97 Å². The largest absolute Gasteiger partial charge is 0.497 e. The van der Waals surface area contributed by atoms with Crippen molar-refractivity contribution in [3.8, 4) is 18.1 Å². The lowest BCUT2D eigenvalue weighted by Crippen LogP contribution is -2.77. The first-order valence-electron chi connectivity index (χ1n) is 13.2. The molecule has 1 aliphatic heterocycles. The van der Waals surface area contributed by atoms with E-state index in [1.54, 1.807) is 6.07 Å². The summed E-state index contributed by atoms with van der Waals surface area (Å²) < 4.78 is 32.0. The fourth-order valence-corrected chi connectivity index (χ4v) is 4.29. The van der Waals surface area contributed by atoms with Gasteiger partial charge in [0, 0.05) is 12.1 Å². The summed E-state index contributed by atoms with van der Waals surface area (Å²) in [6.07, 6.45) is -2.32. The third-order valence-corrected chi connectivity index (χ3v) is 6.43. The SMILES string of the molecule is C#CCOCCOCCO[C@@]1(C(=O)OC)O[C@@H]([C@H](O)[C@H](O)CN)[C@H](NC(=O)CO)[C@@H](NC(=O)c2cccc(OC)c2)[C@@H]1O. The molecule has 0 unspecified atom stereocenters. The van der Waals surface area contributed by atoms with Crippen molar-refractivity contribution in [1.82, 2.24) is 10.6 Å². The molecule has 0 saturated carbocycles. The zero-order valence-electron chi connectivity index (χ0n) is 23.8. The van der Waals surface area contributed by atoms with Crippen molar-refractivity contribution in [2.24, 2.45) is 5.73 Å². The van der Waals surface area contributed by atoms with E-state index in [0.29, 0.717) is 5.75 Å². The van der Waals surface area contributed by atoms with E-state index in [2.05, 4.69) is 16.6 Å². The van der Waals surface area contributed by atoms with Crippen LogP contribution in [0.4, 0.5) is 0 Å². The first kappa shape index (κ1) is 35.8. The van der Waals surface area contributed by atoms with Crippen LogP contribution in [0.15, 0.2) is 24.3 Å². The minimum Gasteiger partial charge on any atom is -0.497 e. The molecule has 7 atom stereocenters. The Morgan fingerprint density at radius 2 is 1.81 bits per heavy atom. The maximum atomic E-state index is 13.3. The fraction of sp³-hybridized carbons (Fsp3) is 0.593. The lowest BCUT2D eigenvalue weighted by Gasteiger charge is -2.51. The molecule has 1 aliphatic rings. The predicted octanol–water partition coefficient (Wildman–Crippen LogP) is -3.74. The van der Waals surface area contributed by atoms with E-state index in [9.17, 15) is 34.8 Å². The van der Waals surface area contributed by atoms with E-state index < -0.39 is 73.2 Å². The van der Waals surface area contributed by atoms with Gasteiger partial charge < -0.3 is 65.2 Å². The zero-order valence-corrected chi connectivity index (χ0v) is 23.8. The standard InChI is InChI=1S/C27H39N3O13/c1-4-8-40-9-10-41-11-12-42-27(26(37)39-3)24(35)21(30-25(36)16-6-5-7-17(13-16)38-2)20(29-19(33)15-31)23(43-27)22(34)18(32)14-28/h1,5-7,13,18,20-24,31-32,34-35H,8-12,14-15,28H2,2-3H3,(H,29,33)(H,30,36)/t18-,20-,21-,22-,23-,24+,27-/m1/s1. The van der Waals surface area contributed by atoms with Crippen LogP contribution in [-0.4, -0.2) is 141 Å². The summed E-state index contributed by atoms with van der Waals surface area (Å²) in [5.41, 5.74) is 5.59. The van der Waals surface area contributed by atoms with E-state index in [1.807, 2.05) is 0 Å². The number of ether oxygens (including phenoxy) is 6. The molecule has 1 aromatic rings. The van der Waals surface area contributed by atoms with Crippen LogP contribution in [0, 0.1) is 12.3 Å². The van der Waals surface area contributed by atoms with Gasteiger partial charge in [-0.3, -0.25) is 9.59 Å². The van der Waals surface area contributed by atoms with Crippen molar-refractivity contribution >= 4 is 17.8 Å². The van der Waals surface area contributed by atoms with E-state index in [0.717, 1.165) is 7.11 Å². The molecule has 1 aromatic carbocycles. The van der Waals surface area contributed by atoms with Crippen molar-refractivity contribution in [3.63, 3.8) is 0 Å². The monoisotopic (exact) mass is 613 g/mol. The number of carbonyl (C=O) groups excluding carboxylic acids is 3. The Kier molecular flexibility index (Phi) is 14.7. The number of hydrogen-bond acceptors (Lipinski definition) is 14. The number of benzene rings is 1. The Balaban J connectivity index is 2.50. The molecule has 0 bridgehead atoms. The number of methoxy groups -OCH3 is 2. The van der Waals surface area contributed by atoms with Gasteiger partial charge in [-0.15, -0.1) is 6.42 Å². The van der Waals surface area contributed by atoms with Gasteiger partial charge in [0.2, 0.25) is 5.91 Å². The summed E-state index contributed by atoms with van der Waals surface area (Å²) in [5, 5.41) is 47.2. The van der Waals surface area contributed by atoms with Crippen LogP contribution in [0.1, 0.15) is 10.4 Å². The molecule has 16 nitrogen and oxygen atoms in total. The van der Waals surface area contributed by atoms with Gasteiger partial charge in [0.05, 0.1) is 58.8 Å². The summed E-state index contributed by atoms with van der Waals surface area (Å²) in [7, 11) is 2.37. The molecule has 43 heavy (non-hydrogen) atoms. The number of nitrogens with two attached hydrogens (primary N) is 1. The van der Waals surface area contributed by atoms with Crippen molar-refractivity contribution in [1.29, 1.82) is 0 Å². The third-order valence-electron chi connectivity index (χ3n) is 6.43. The topological polar surface area (TPSA) is 238 Å². The molecule has 2 rings (SSSR count). The Labute approximate surface area is 248 Å². The lowest BCUT2D eigenvalue weighted by atomic mass is 9.84. The highest BCUT2D eigenvalue weighted by Gasteiger charge is 2.63. The number of esters is 1. The lowest BCUT2D eigenvalue weighted by molar-refractivity contribution is -0.335. The summed E-state index contributed by atoms with van der Waals surface area (Å²) in [6.45, 7) is -1.66. The highest BCUT2D eigenvalue weighted by molar-refractivity contribution is 5.95. The van der Waals surface area contributed by atoms with Gasteiger partial charge in [0.1, 0.15) is 37.3 Å². The van der Waals surface area contributed by atoms with Gasteiger partial charge in [-0.25, -0.2) is 4.79 Å². The molecule has 1 saturated heterocycles. The average molecular weight is 614 g/mol. The number of carbonyl (C=O) groups is 3. The second-order valence-electron chi connectivity index (χ2n) is 9.18. The van der Waals surface area contributed by atoms with Gasteiger partial charge in [-0.2, -0.15) is 0 Å². The van der Waals surface area contributed by atoms with Crippen LogP contribution in [0.2, 0.25) is 0 Å². The number of aliphatic hydroxyl groups is 4. The normalized spacial score (nSPS) is 24.7. The number of aliphatic hydroxyl groups excluding tert-OH is 4. The van der Waals surface area contributed by atoms with Gasteiger partial charge in [-0.05, 0) is 18.2 Å². The molecular formula is C27H39N3O13. The molecule has 8 N–H and O–H groups in total. The van der Waals surface area contributed by atoms with Crippen LogP contribution < -0.4 is 21.1 Å². The predicted molar refractivity (Wildman–Crippen MR) is 146 cm³/mol. The van der Waals surface area contributed by atoms with E-state index in [-0.39, 0.29) is 38.6 Å². The minimum atomic E-state index is -2.72. The van der Waals surface area contributed by atoms with Crippen molar-refractivity contribution in [2.45, 2.75) is 42.3 Å². The molecule has 0 radical (unpaired) electrons. The quantitative estimate of drug-likeness (QED) is 0.0508. The first-order chi connectivity index (χ1) is 20.6. The third kappa shape index (κ3) is 9.31.